The maximum atomic E-state index is 12.7. The van der Waals surface area contributed by atoms with Gasteiger partial charge in [-0.05, 0) is 42.3 Å². The number of hydrogen-bond acceptors (Lipinski definition) is 5. The van der Waals surface area contributed by atoms with Crippen LogP contribution in [0.3, 0.4) is 0 Å². The van der Waals surface area contributed by atoms with Crippen LogP contribution in [0.2, 0.25) is 0 Å². The molecule has 0 radical (unpaired) electrons. The van der Waals surface area contributed by atoms with Crippen LogP contribution < -0.4 is 16.5 Å². The number of aryl methyl sites for hydroxylation is 1. The van der Waals surface area contributed by atoms with Gasteiger partial charge in [-0.3, -0.25) is 10.2 Å². The molecule has 2 aromatic carbocycles. The van der Waals surface area contributed by atoms with Crippen LogP contribution in [0.1, 0.15) is 21.5 Å². The van der Waals surface area contributed by atoms with E-state index in [4.69, 9.17) is 14.2 Å². The number of fused-ring (bicyclic) bond motifs is 3. The van der Waals surface area contributed by atoms with E-state index in [0.717, 1.165) is 21.0 Å². The molecule has 1 amide bonds. The second-order valence-corrected chi connectivity index (χ2v) is 7.22. The van der Waals surface area contributed by atoms with Crippen LogP contribution in [0.5, 0.6) is 0 Å². The minimum absolute atomic E-state index is 0.0659. The summed E-state index contributed by atoms with van der Waals surface area (Å²) in [6.45, 7) is 2.11. The number of rotatable bonds is 3. The van der Waals surface area contributed by atoms with Gasteiger partial charge in [0.05, 0.1) is 5.39 Å². The summed E-state index contributed by atoms with van der Waals surface area (Å²) in [4.78, 5) is 24.5. The van der Waals surface area contributed by atoms with Crippen LogP contribution in [0.25, 0.3) is 21.9 Å². The zero-order valence-corrected chi connectivity index (χ0v) is 16.4. The van der Waals surface area contributed by atoms with Crippen molar-refractivity contribution >= 4 is 43.8 Å². The SMILES string of the molecule is Cc1cc(=O)oc2c1ccc1oc(=N)c(C(=O)NCc3ccccc3Br)cc12. The molecule has 0 bridgehead atoms. The molecule has 0 aliphatic heterocycles. The normalized spacial score (nSPS) is 11.1. The van der Waals surface area contributed by atoms with Crippen molar-refractivity contribution in [3.05, 3.63) is 85.7 Å². The van der Waals surface area contributed by atoms with E-state index in [9.17, 15) is 9.59 Å². The third-order valence-electron chi connectivity index (χ3n) is 4.51. The average molecular weight is 439 g/mol. The molecule has 2 N–H and O–H groups in total. The number of hydrogen-bond donors (Lipinski definition) is 2. The number of carbonyl (C=O) groups excluding carboxylic acids is 1. The van der Waals surface area contributed by atoms with Gasteiger partial charge in [-0.25, -0.2) is 4.79 Å². The second-order valence-electron chi connectivity index (χ2n) is 6.37. The molecule has 0 spiro atoms. The Kier molecular flexibility index (Phi) is 4.60. The van der Waals surface area contributed by atoms with Gasteiger partial charge in [-0.1, -0.05) is 34.1 Å². The molecule has 140 valence electrons. The van der Waals surface area contributed by atoms with Crippen molar-refractivity contribution in [3.8, 4) is 0 Å². The lowest BCUT2D eigenvalue weighted by molar-refractivity contribution is 0.0946. The maximum absolute atomic E-state index is 12.7. The van der Waals surface area contributed by atoms with Gasteiger partial charge >= 0.3 is 5.63 Å². The van der Waals surface area contributed by atoms with Crippen LogP contribution in [-0.2, 0) is 6.54 Å². The van der Waals surface area contributed by atoms with Crippen molar-refractivity contribution in [3.63, 3.8) is 0 Å². The topological polar surface area (TPSA) is 96.3 Å². The van der Waals surface area contributed by atoms with Crippen LogP contribution in [0, 0.1) is 12.3 Å². The van der Waals surface area contributed by atoms with E-state index in [1.54, 1.807) is 12.1 Å². The van der Waals surface area contributed by atoms with Crippen LogP contribution in [0.4, 0.5) is 0 Å². The first-order valence-corrected chi connectivity index (χ1v) is 9.31. The van der Waals surface area contributed by atoms with Gasteiger partial charge in [0, 0.05) is 22.5 Å². The summed E-state index contributed by atoms with van der Waals surface area (Å²) in [5, 5.41) is 12.1. The van der Waals surface area contributed by atoms with Gasteiger partial charge in [-0.15, -0.1) is 0 Å². The van der Waals surface area contributed by atoms with Gasteiger partial charge in [-0.2, -0.15) is 0 Å². The fourth-order valence-electron chi connectivity index (χ4n) is 3.07. The third-order valence-corrected chi connectivity index (χ3v) is 5.28. The van der Waals surface area contributed by atoms with Crippen molar-refractivity contribution in [2.24, 2.45) is 0 Å². The Hall–Kier alpha value is -3.19. The summed E-state index contributed by atoms with van der Waals surface area (Å²) in [7, 11) is 0. The van der Waals surface area contributed by atoms with Crippen LogP contribution in [0.15, 0.2) is 66.6 Å². The van der Waals surface area contributed by atoms with E-state index >= 15 is 0 Å². The quantitative estimate of drug-likeness (QED) is 0.372. The van der Waals surface area contributed by atoms with Gasteiger partial charge in [0.2, 0.25) is 5.55 Å². The molecule has 2 aromatic heterocycles. The van der Waals surface area contributed by atoms with E-state index in [2.05, 4.69) is 21.2 Å². The lowest BCUT2D eigenvalue weighted by Crippen LogP contribution is -2.28. The predicted octanol–water partition coefficient (Wildman–Crippen LogP) is 4.02. The summed E-state index contributed by atoms with van der Waals surface area (Å²) < 4.78 is 11.8. The molecule has 0 fully saturated rings. The maximum Gasteiger partial charge on any atom is 0.336 e. The summed E-state index contributed by atoms with van der Waals surface area (Å²) in [5.74, 6) is -0.446. The molecule has 6 nitrogen and oxygen atoms in total. The molecule has 2 heterocycles. The molecule has 28 heavy (non-hydrogen) atoms. The van der Waals surface area contributed by atoms with Gasteiger partial charge in [0.25, 0.3) is 5.91 Å². The molecule has 4 aromatic rings. The Labute approximate surface area is 167 Å². The standard InChI is InChI=1S/C21H15BrN2O4/c1-11-8-18(25)28-19-13(11)6-7-17-14(19)9-15(20(23)27-17)21(26)24-10-12-4-2-3-5-16(12)22/h2-9,23H,10H2,1H3,(H,24,26). The van der Waals surface area contributed by atoms with E-state index in [0.29, 0.717) is 23.1 Å². The molecule has 0 saturated heterocycles. The van der Waals surface area contributed by atoms with Crippen molar-refractivity contribution in [2.45, 2.75) is 13.5 Å². The number of amides is 1. The zero-order valence-electron chi connectivity index (χ0n) is 14.8. The smallest absolute Gasteiger partial charge is 0.336 e. The molecule has 0 atom stereocenters. The van der Waals surface area contributed by atoms with E-state index < -0.39 is 11.5 Å². The van der Waals surface area contributed by atoms with Crippen molar-refractivity contribution in [1.82, 2.24) is 5.32 Å². The highest BCUT2D eigenvalue weighted by Gasteiger charge is 2.15. The summed E-state index contributed by atoms with van der Waals surface area (Å²) >= 11 is 3.44. The monoisotopic (exact) mass is 438 g/mol. The Morgan fingerprint density at radius 2 is 1.89 bits per heavy atom. The molecular formula is C21H15BrN2O4. The molecule has 0 unspecified atom stereocenters. The van der Waals surface area contributed by atoms with E-state index in [1.807, 2.05) is 31.2 Å². The first kappa shape index (κ1) is 18.2. The summed E-state index contributed by atoms with van der Waals surface area (Å²) in [6, 6.07) is 14.0. The predicted molar refractivity (Wildman–Crippen MR) is 108 cm³/mol. The van der Waals surface area contributed by atoms with Crippen molar-refractivity contribution in [1.29, 1.82) is 5.41 Å². The summed E-state index contributed by atoms with van der Waals surface area (Å²) in [5.41, 5.74) is 1.71. The lowest BCUT2D eigenvalue weighted by Gasteiger charge is -2.09. The molecule has 4 rings (SSSR count). The number of benzene rings is 2. The first-order valence-electron chi connectivity index (χ1n) is 8.51. The Balaban J connectivity index is 1.78. The highest BCUT2D eigenvalue weighted by Crippen LogP contribution is 2.26. The number of halogens is 1. The highest BCUT2D eigenvalue weighted by molar-refractivity contribution is 9.10. The minimum atomic E-state index is -0.479. The first-order chi connectivity index (χ1) is 13.4. The van der Waals surface area contributed by atoms with Crippen LogP contribution in [-0.4, -0.2) is 5.91 Å². The van der Waals surface area contributed by atoms with Gasteiger partial charge in [0.1, 0.15) is 16.7 Å². The fraction of sp³-hybridized carbons (Fsp3) is 0.0952. The Morgan fingerprint density at radius 3 is 2.68 bits per heavy atom. The highest BCUT2D eigenvalue weighted by atomic mass is 79.9. The zero-order chi connectivity index (χ0) is 19.8. The lowest BCUT2D eigenvalue weighted by atomic mass is 10.1. The second kappa shape index (κ2) is 7.09. The Morgan fingerprint density at radius 1 is 1.11 bits per heavy atom. The Bertz CT molecular complexity index is 1350. The van der Waals surface area contributed by atoms with Crippen molar-refractivity contribution < 1.29 is 13.6 Å². The average Bonchev–Trinajstić information content (AvgIpc) is 2.66. The minimum Gasteiger partial charge on any atom is -0.438 e. The van der Waals surface area contributed by atoms with E-state index in [1.165, 1.54) is 12.1 Å². The molecular weight excluding hydrogens is 424 g/mol. The molecule has 0 saturated carbocycles. The van der Waals surface area contributed by atoms with Crippen LogP contribution >= 0.6 is 15.9 Å². The van der Waals surface area contributed by atoms with Gasteiger partial charge in [0.15, 0.2) is 0 Å². The van der Waals surface area contributed by atoms with Gasteiger partial charge < -0.3 is 14.2 Å². The molecule has 0 aliphatic carbocycles. The third kappa shape index (κ3) is 3.25. The summed E-state index contributed by atoms with van der Waals surface area (Å²) in [6.07, 6.45) is 0. The number of nitrogens with one attached hydrogen (secondary N) is 2. The molecule has 7 heteroatoms. The number of carbonyl (C=O) groups is 1. The molecule has 0 aliphatic rings. The van der Waals surface area contributed by atoms with E-state index in [-0.39, 0.29) is 11.1 Å². The fourth-order valence-corrected chi connectivity index (χ4v) is 3.49. The van der Waals surface area contributed by atoms with Crippen molar-refractivity contribution in [2.75, 3.05) is 0 Å². The largest absolute Gasteiger partial charge is 0.438 e.